The van der Waals surface area contributed by atoms with Gasteiger partial charge in [-0.05, 0) is 12.8 Å². The lowest BCUT2D eigenvalue weighted by molar-refractivity contribution is -0.395. The van der Waals surface area contributed by atoms with E-state index in [2.05, 4.69) is 10.3 Å². The highest BCUT2D eigenvalue weighted by Gasteiger charge is 2.27. The van der Waals surface area contributed by atoms with E-state index in [-0.39, 0.29) is 28.1 Å². The van der Waals surface area contributed by atoms with Crippen molar-refractivity contribution in [1.29, 1.82) is 0 Å². The molecule has 2 heterocycles. The number of aromatic nitrogens is 1. The van der Waals surface area contributed by atoms with Crippen molar-refractivity contribution in [2.75, 3.05) is 11.9 Å². The summed E-state index contributed by atoms with van der Waals surface area (Å²) in [6.45, 7) is 6.18. The molecule has 0 saturated carbocycles. The number of hydrogen-bond acceptors (Lipinski definition) is 8. The second-order valence-electron chi connectivity index (χ2n) is 7.66. The molecule has 0 bridgehead atoms. The number of nitro groups is 2. The molecule has 12 heteroatoms. The molecule has 164 valence electrons. The van der Waals surface area contributed by atoms with Gasteiger partial charge in [-0.1, -0.05) is 25.2 Å². The minimum absolute atomic E-state index is 0.0684. The lowest BCUT2D eigenvalue weighted by atomic mass is 10.1. The Morgan fingerprint density at radius 1 is 1.23 bits per heavy atom. The lowest BCUT2D eigenvalue weighted by Crippen LogP contribution is -2.36. The smallest absolute Gasteiger partial charge is 0.279 e. The quantitative estimate of drug-likeness (QED) is 0.526. The van der Waals surface area contributed by atoms with Crippen LogP contribution in [-0.2, 0) is 17.8 Å². The van der Waals surface area contributed by atoms with Gasteiger partial charge in [0.25, 0.3) is 17.3 Å². The maximum Gasteiger partial charge on any atom is 0.279 e. The summed E-state index contributed by atoms with van der Waals surface area (Å²) in [5.41, 5.74) is -0.544. The minimum Gasteiger partial charge on any atom is -0.337 e. The summed E-state index contributed by atoms with van der Waals surface area (Å²) in [6, 6.07) is 2.02. The molecule has 0 aliphatic carbocycles. The lowest BCUT2D eigenvalue weighted by Gasteiger charge is -2.26. The molecule has 2 aromatic rings. The number of hydrogen-bond donors (Lipinski definition) is 1. The summed E-state index contributed by atoms with van der Waals surface area (Å²) >= 11 is 1.22. The van der Waals surface area contributed by atoms with Gasteiger partial charge in [-0.3, -0.25) is 35.1 Å². The molecule has 11 nitrogen and oxygen atoms in total. The Hall–Kier alpha value is -3.41. The fourth-order valence-electron chi connectivity index (χ4n) is 3.30. The van der Waals surface area contributed by atoms with Gasteiger partial charge in [0, 0.05) is 36.4 Å². The Morgan fingerprint density at radius 2 is 1.84 bits per heavy atom. The summed E-state index contributed by atoms with van der Waals surface area (Å²) in [4.78, 5) is 52.9. The van der Waals surface area contributed by atoms with Crippen molar-refractivity contribution in [3.63, 3.8) is 0 Å². The van der Waals surface area contributed by atoms with Gasteiger partial charge in [0.05, 0.1) is 27.6 Å². The molecular weight excluding hydrogens is 426 g/mol. The van der Waals surface area contributed by atoms with Crippen LogP contribution in [0.1, 0.15) is 46.8 Å². The molecule has 31 heavy (non-hydrogen) atoms. The molecule has 1 aliphatic rings. The Bertz CT molecular complexity index is 1040. The van der Waals surface area contributed by atoms with Crippen molar-refractivity contribution < 1.29 is 19.4 Å². The summed E-state index contributed by atoms with van der Waals surface area (Å²) in [7, 11) is 0. The molecule has 0 saturated heterocycles. The monoisotopic (exact) mass is 447 g/mol. The molecule has 1 aromatic carbocycles. The first-order chi connectivity index (χ1) is 14.6. The Morgan fingerprint density at radius 3 is 2.39 bits per heavy atom. The number of rotatable bonds is 6. The summed E-state index contributed by atoms with van der Waals surface area (Å²) in [6.07, 6.45) is 1.02. The third-order valence-electron chi connectivity index (χ3n) is 4.90. The summed E-state index contributed by atoms with van der Waals surface area (Å²) in [5.74, 6) is -0.406. The van der Waals surface area contributed by atoms with E-state index in [1.54, 1.807) is 4.90 Å². The van der Waals surface area contributed by atoms with Gasteiger partial charge in [-0.15, -0.1) is 0 Å². The highest BCUT2D eigenvalue weighted by Crippen LogP contribution is 2.32. The van der Waals surface area contributed by atoms with E-state index in [4.69, 9.17) is 0 Å². The average Bonchev–Trinajstić information content (AvgIpc) is 3.08. The molecule has 3 rings (SSSR count). The first-order valence-electron chi connectivity index (χ1n) is 9.58. The standard InChI is InChI=1S/C19H21N5O6S/c1-10(2)6-17(25)22-5-4-13-16(9-22)31-19(20-13)21-18(26)12-7-14(23(27)28)11(3)15(8-12)24(29)30/h7-8,10H,4-6,9H2,1-3H3,(H,20,21,26). The third kappa shape index (κ3) is 4.85. The molecule has 1 N–H and O–H groups in total. The van der Waals surface area contributed by atoms with E-state index in [0.717, 1.165) is 22.7 Å². The SMILES string of the molecule is Cc1c([N+](=O)[O-])cc(C(=O)Nc2nc3c(s2)CN(C(=O)CC(C)C)CC3)cc1[N+](=O)[O-]. The van der Waals surface area contributed by atoms with Crippen molar-refractivity contribution in [2.24, 2.45) is 5.92 Å². The first kappa shape index (κ1) is 22.3. The molecule has 0 spiro atoms. The van der Waals surface area contributed by atoms with Crippen molar-refractivity contribution in [2.45, 2.75) is 40.2 Å². The maximum atomic E-state index is 12.6. The number of benzene rings is 1. The Kier molecular flexibility index (Phi) is 6.29. The first-order valence-corrected chi connectivity index (χ1v) is 10.4. The number of carbonyl (C=O) groups is 2. The zero-order valence-electron chi connectivity index (χ0n) is 17.2. The van der Waals surface area contributed by atoms with Crippen LogP contribution in [-0.4, -0.2) is 38.1 Å². The maximum absolute atomic E-state index is 12.6. The molecule has 2 amide bonds. The second kappa shape index (κ2) is 8.76. The zero-order valence-corrected chi connectivity index (χ0v) is 18.0. The summed E-state index contributed by atoms with van der Waals surface area (Å²) < 4.78 is 0. The molecule has 0 fully saturated rings. The van der Waals surface area contributed by atoms with E-state index >= 15 is 0 Å². The minimum atomic E-state index is -0.760. The second-order valence-corrected chi connectivity index (χ2v) is 8.74. The van der Waals surface area contributed by atoms with Crippen molar-refractivity contribution >= 4 is 39.7 Å². The largest absolute Gasteiger partial charge is 0.337 e. The van der Waals surface area contributed by atoms with Gasteiger partial charge in [-0.25, -0.2) is 4.98 Å². The van der Waals surface area contributed by atoms with Crippen LogP contribution in [0.4, 0.5) is 16.5 Å². The highest BCUT2D eigenvalue weighted by atomic mass is 32.1. The molecule has 0 radical (unpaired) electrons. The topological polar surface area (TPSA) is 149 Å². The number of amides is 2. The van der Waals surface area contributed by atoms with Gasteiger partial charge in [0.2, 0.25) is 5.91 Å². The Labute approximate surface area is 181 Å². The number of nitro benzene ring substituents is 2. The molecule has 1 aliphatic heterocycles. The van der Waals surface area contributed by atoms with Gasteiger partial charge in [0.1, 0.15) is 5.56 Å². The molecular formula is C19H21N5O6S. The molecule has 0 unspecified atom stereocenters. The van der Waals surface area contributed by atoms with Crippen molar-refractivity contribution in [1.82, 2.24) is 9.88 Å². The number of carbonyl (C=O) groups excluding carboxylic acids is 2. The number of fused-ring (bicyclic) bond motifs is 1. The zero-order chi connectivity index (χ0) is 22.9. The number of nitrogens with one attached hydrogen (secondary N) is 1. The summed E-state index contributed by atoms with van der Waals surface area (Å²) in [5, 5.41) is 25.3. The van der Waals surface area contributed by atoms with Gasteiger partial charge in [-0.2, -0.15) is 0 Å². The van der Waals surface area contributed by atoms with Crippen LogP contribution in [0.3, 0.4) is 0 Å². The van der Waals surface area contributed by atoms with Crippen LogP contribution in [0, 0.1) is 33.1 Å². The normalized spacial score (nSPS) is 13.1. The van der Waals surface area contributed by atoms with E-state index in [0.29, 0.717) is 25.9 Å². The van der Waals surface area contributed by atoms with Crippen LogP contribution in [0.2, 0.25) is 0 Å². The van der Waals surface area contributed by atoms with Crippen molar-refractivity contribution in [3.8, 4) is 0 Å². The van der Waals surface area contributed by atoms with Crippen molar-refractivity contribution in [3.05, 3.63) is 54.1 Å². The predicted octanol–water partition coefficient (Wildman–Crippen LogP) is 3.45. The third-order valence-corrected chi connectivity index (χ3v) is 5.89. The van der Waals surface area contributed by atoms with Crippen LogP contribution >= 0.6 is 11.3 Å². The van der Waals surface area contributed by atoms with E-state index in [1.807, 2.05) is 13.8 Å². The number of anilines is 1. The average molecular weight is 447 g/mol. The van der Waals surface area contributed by atoms with E-state index < -0.39 is 27.1 Å². The van der Waals surface area contributed by atoms with Crippen LogP contribution in [0.5, 0.6) is 0 Å². The van der Waals surface area contributed by atoms with Gasteiger partial charge >= 0.3 is 0 Å². The molecule has 1 aromatic heterocycles. The molecule has 0 atom stereocenters. The van der Waals surface area contributed by atoms with Gasteiger partial charge in [0.15, 0.2) is 5.13 Å². The highest BCUT2D eigenvalue weighted by molar-refractivity contribution is 7.15. The van der Waals surface area contributed by atoms with Gasteiger partial charge < -0.3 is 4.90 Å². The fraction of sp³-hybridized carbons (Fsp3) is 0.421. The predicted molar refractivity (Wildman–Crippen MR) is 113 cm³/mol. The number of nitrogens with zero attached hydrogens (tertiary/aromatic N) is 4. The fourth-order valence-corrected chi connectivity index (χ4v) is 4.32. The van der Waals surface area contributed by atoms with E-state index in [1.165, 1.54) is 18.3 Å². The van der Waals surface area contributed by atoms with Crippen LogP contribution < -0.4 is 5.32 Å². The Balaban J connectivity index is 1.80. The van der Waals surface area contributed by atoms with Crippen LogP contribution in [0.15, 0.2) is 12.1 Å². The van der Waals surface area contributed by atoms with Crippen LogP contribution in [0.25, 0.3) is 0 Å². The number of thiazole rings is 1. The van der Waals surface area contributed by atoms with E-state index in [9.17, 15) is 29.8 Å².